The van der Waals surface area contributed by atoms with Crippen LogP contribution in [0.4, 0.5) is 0 Å². The van der Waals surface area contributed by atoms with Crippen LogP contribution < -0.4 is 0 Å². The molecular formula is C20H19Cl2NO6S. The Morgan fingerprint density at radius 1 is 0.967 bits per heavy atom. The summed E-state index contributed by atoms with van der Waals surface area (Å²) in [5, 5.41) is 11.2. The van der Waals surface area contributed by atoms with E-state index in [1.54, 1.807) is 12.1 Å². The molecule has 160 valence electrons. The predicted octanol–water partition coefficient (Wildman–Crippen LogP) is 2.45. The van der Waals surface area contributed by atoms with Gasteiger partial charge in [-0.05, 0) is 48.5 Å². The minimum atomic E-state index is -3.49. The van der Waals surface area contributed by atoms with Gasteiger partial charge in [-0.25, -0.2) is 13.2 Å². The molecule has 3 rings (SSSR count). The predicted molar refractivity (Wildman–Crippen MR) is 113 cm³/mol. The van der Waals surface area contributed by atoms with Crippen LogP contribution >= 0.6 is 23.2 Å². The van der Waals surface area contributed by atoms with Crippen LogP contribution in [0, 0.1) is 0 Å². The van der Waals surface area contributed by atoms with Gasteiger partial charge in [0.1, 0.15) is 6.61 Å². The van der Waals surface area contributed by atoms with E-state index in [2.05, 4.69) is 0 Å². The summed E-state index contributed by atoms with van der Waals surface area (Å²) in [5.74, 6) is -1.88. The van der Waals surface area contributed by atoms with Crippen molar-refractivity contribution in [1.29, 1.82) is 0 Å². The SMILES string of the molecule is O=C(OCCN(C(=O)c1ccc(Cl)cc1)C1CS(=O)(=O)CC1O)c1ccc(Cl)cc1. The van der Waals surface area contributed by atoms with Gasteiger partial charge in [0.25, 0.3) is 5.91 Å². The summed E-state index contributed by atoms with van der Waals surface area (Å²) < 4.78 is 29.1. The lowest BCUT2D eigenvalue weighted by atomic mass is 10.1. The number of carbonyl (C=O) groups excluding carboxylic acids is 2. The number of carbonyl (C=O) groups is 2. The van der Waals surface area contributed by atoms with Crippen molar-refractivity contribution < 1.29 is 27.9 Å². The van der Waals surface area contributed by atoms with E-state index >= 15 is 0 Å². The molecule has 1 fully saturated rings. The van der Waals surface area contributed by atoms with Crippen LogP contribution in [0.25, 0.3) is 0 Å². The summed E-state index contributed by atoms with van der Waals surface area (Å²) in [6, 6.07) is 11.3. The average molecular weight is 472 g/mol. The third-order valence-corrected chi connectivity index (χ3v) is 6.89. The van der Waals surface area contributed by atoms with Crippen molar-refractivity contribution in [2.24, 2.45) is 0 Å². The van der Waals surface area contributed by atoms with Gasteiger partial charge in [-0.1, -0.05) is 23.2 Å². The molecular weight excluding hydrogens is 453 g/mol. The number of hydrogen-bond acceptors (Lipinski definition) is 6. The molecule has 2 aromatic carbocycles. The highest BCUT2D eigenvalue weighted by molar-refractivity contribution is 7.91. The minimum Gasteiger partial charge on any atom is -0.460 e. The molecule has 0 spiro atoms. The van der Waals surface area contributed by atoms with Gasteiger partial charge in [-0.2, -0.15) is 0 Å². The molecule has 7 nitrogen and oxygen atoms in total. The van der Waals surface area contributed by atoms with Crippen LogP contribution in [0.3, 0.4) is 0 Å². The van der Waals surface area contributed by atoms with Gasteiger partial charge in [0, 0.05) is 15.6 Å². The standard InChI is InChI=1S/C20H19Cl2NO6S/c21-15-5-1-13(2-6-15)19(25)23(17-11-30(27,28)12-18(17)24)9-10-29-20(26)14-3-7-16(22)8-4-14/h1-8,17-18,24H,9-12H2. The molecule has 2 atom stereocenters. The Bertz CT molecular complexity index is 1020. The Labute approximate surface area is 184 Å². The molecule has 1 aliphatic rings. The lowest BCUT2D eigenvalue weighted by Gasteiger charge is -2.30. The molecule has 2 aromatic rings. The zero-order chi connectivity index (χ0) is 21.9. The third kappa shape index (κ3) is 5.51. The molecule has 0 bridgehead atoms. The van der Waals surface area contributed by atoms with Gasteiger partial charge in [-0.15, -0.1) is 0 Å². The first-order chi connectivity index (χ1) is 14.2. The van der Waals surface area contributed by atoms with Crippen LogP contribution in [0.2, 0.25) is 10.0 Å². The molecule has 1 amide bonds. The summed E-state index contributed by atoms with van der Waals surface area (Å²) in [6.07, 6.45) is -1.22. The van der Waals surface area contributed by atoms with Crippen LogP contribution in [0.15, 0.2) is 48.5 Å². The molecule has 0 aromatic heterocycles. The zero-order valence-electron chi connectivity index (χ0n) is 15.7. The average Bonchev–Trinajstić information content (AvgIpc) is 2.97. The number of nitrogens with zero attached hydrogens (tertiary/aromatic N) is 1. The van der Waals surface area contributed by atoms with E-state index in [-0.39, 0.29) is 24.5 Å². The molecule has 0 saturated carbocycles. The van der Waals surface area contributed by atoms with Crippen molar-refractivity contribution in [3.05, 3.63) is 69.7 Å². The Hall–Kier alpha value is -2.13. The highest BCUT2D eigenvalue weighted by Crippen LogP contribution is 2.21. The number of amides is 1. The monoisotopic (exact) mass is 471 g/mol. The Balaban J connectivity index is 1.74. The van der Waals surface area contributed by atoms with Crippen LogP contribution in [0.5, 0.6) is 0 Å². The molecule has 10 heteroatoms. The van der Waals surface area contributed by atoms with E-state index in [1.165, 1.54) is 41.3 Å². The maximum Gasteiger partial charge on any atom is 0.338 e. The normalized spacial score (nSPS) is 20.0. The summed E-state index contributed by atoms with van der Waals surface area (Å²) in [4.78, 5) is 26.4. The fourth-order valence-electron chi connectivity index (χ4n) is 3.19. The molecule has 1 N–H and O–H groups in total. The van der Waals surface area contributed by atoms with Gasteiger partial charge in [0.05, 0.1) is 35.8 Å². The van der Waals surface area contributed by atoms with E-state index in [0.717, 1.165) is 0 Å². The van der Waals surface area contributed by atoms with Crippen molar-refractivity contribution in [1.82, 2.24) is 4.90 Å². The second-order valence-electron chi connectivity index (χ2n) is 6.86. The fraction of sp³-hybridized carbons (Fsp3) is 0.300. The van der Waals surface area contributed by atoms with Gasteiger partial charge in [0.15, 0.2) is 9.84 Å². The smallest absolute Gasteiger partial charge is 0.338 e. The Morgan fingerprint density at radius 3 is 2.00 bits per heavy atom. The number of sulfone groups is 1. The molecule has 1 saturated heterocycles. The second kappa shape index (κ2) is 9.34. The Kier molecular flexibility index (Phi) is 7.02. The van der Waals surface area contributed by atoms with Gasteiger partial charge in [-0.3, -0.25) is 4.79 Å². The molecule has 1 aliphatic heterocycles. The fourth-order valence-corrected chi connectivity index (χ4v) is 5.24. The van der Waals surface area contributed by atoms with Gasteiger partial charge in [0.2, 0.25) is 0 Å². The summed E-state index contributed by atoms with van der Waals surface area (Å²) in [5.41, 5.74) is 0.568. The lowest BCUT2D eigenvalue weighted by molar-refractivity contribution is 0.0307. The van der Waals surface area contributed by atoms with Gasteiger partial charge < -0.3 is 14.7 Å². The van der Waals surface area contributed by atoms with Crippen LogP contribution in [0.1, 0.15) is 20.7 Å². The summed E-state index contributed by atoms with van der Waals surface area (Å²) in [7, 11) is -3.49. The van der Waals surface area contributed by atoms with Crippen molar-refractivity contribution >= 4 is 44.9 Å². The van der Waals surface area contributed by atoms with Gasteiger partial charge >= 0.3 is 5.97 Å². The van der Waals surface area contributed by atoms with E-state index in [1.807, 2.05) is 0 Å². The largest absolute Gasteiger partial charge is 0.460 e. The molecule has 1 heterocycles. The number of esters is 1. The maximum atomic E-state index is 13.0. The maximum absolute atomic E-state index is 13.0. The first-order valence-corrected chi connectivity index (χ1v) is 11.6. The summed E-state index contributed by atoms with van der Waals surface area (Å²) >= 11 is 11.7. The number of halogens is 2. The number of aliphatic hydroxyl groups excluding tert-OH is 1. The highest BCUT2D eigenvalue weighted by atomic mass is 35.5. The third-order valence-electron chi connectivity index (χ3n) is 4.69. The molecule has 2 unspecified atom stereocenters. The first-order valence-electron chi connectivity index (χ1n) is 9.04. The van der Waals surface area contributed by atoms with Crippen molar-refractivity contribution in [3.63, 3.8) is 0 Å². The minimum absolute atomic E-state index is 0.0853. The van der Waals surface area contributed by atoms with Crippen LogP contribution in [-0.2, 0) is 14.6 Å². The quantitative estimate of drug-likeness (QED) is 0.649. The highest BCUT2D eigenvalue weighted by Gasteiger charge is 2.42. The summed E-state index contributed by atoms with van der Waals surface area (Å²) in [6.45, 7) is -0.262. The topological polar surface area (TPSA) is 101 Å². The number of benzene rings is 2. The first kappa shape index (κ1) is 22.6. The van der Waals surface area contributed by atoms with E-state index in [9.17, 15) is 23.1 Å². The van der Waals surface area contributed by atoms with E-state index in [4.69, 9.17) is 27.9 Å². The number of rotatable bonds is 6. The molecule has 0 radical (unpaired) electrons. The lowest BCUT2D eigenvalue weighted by Crippen LogP contribution is -2.48. The Morgan fingerprint density at radius 2 is 1.50 bits per heavy atom. The molecule has 30 heavy (non-hydrogen) atoms. The van der Waals surface area contributed by atoms with Crippen LogP contribution in [-0.4, -0.2) is 67.1 Å². The van der Waals surface area contributed by atoms with Crippen molar-refractivity contribution in [2.75, 3.05) is 24.7 Å². The second-order valence-corrected chi connectivity index (χ2v) is 9.89. The molecule has 0 aliphatic carbocycles. The van der Waals surface area contributed by atoms with Crippen molar-refractivity contribution in [2.45, 2.75) is 12.1 Å². The van der Waals surface area contributed by atoms with E-state index in [0.29, 0.717) is 15.6 Å². The zero-order valence-corrected chi connectivity index (χ0v) is 18.0. The number of hydrogen-bond donors (Lipinski definition) is 1. The number of ether oxygens (including phenoxy) is 1. The number of aliphatic hydroxyl groups is 1. The van der Waals surface area contributed by atoms with Crippen molar-refractivity contribution in [3.8, 4) is 0 Å². The van der Waals surface area contributed by atoms with E-state index < -0.39 is 39.6 Å².